The number of carbonyl (C=O) groups excluding carboxylic acids is 1. The van der Waals surface area contributed by atoms with Crippen molar-refractivity contribution >= 4 is 5.91 Å². The van der Waals surface area contributed by atoms with Gasteiger partial charge in [-0.2, -0.15) is 0 Å². The van der Waals surface area contributed by atoms with Crippen LogP contribution in [0, 0.1) is 5.82 Å². The number of amides is 1. The van der Waals surface area contributed by atoms with Crippen molar-refractivity contribution in [1.29, 1.82) is 0 Å². The van der Waals surface area contributed by atoms with Crippen LogP contribution in [0.4, 0.5) is 4.39 Å². The monoisotopic (exact) mass is 451 g/mol. The van der Waals surface area contributed by atoms with Gasteiger partial charge in [0.05, 0.1) is 32.9 Å². The van der Waals surface area contributed by atoms with Crippen LogP contribution in [0.3, 0.4) is 0 Å². The molecule has 3 aromatic rings. The quantitative estimate of drug-likeness (QED) is 0.523. The Morgan fingerprint density at radius 2 is 1.55 bits per heavy atom. The molecule has 1 aliphatic heterocycles. The molecule has 0 unspecified atom stereocenters. The van der Waals surface area contributed by atoms with Gasteiger partial charge in [0.25, 0.3) is 5.91 Å². The van der Waals surface area contributed by atoms with Gasteiger partial charge in [0.1, 0.15) is 12.4 Å². The Balaban J connectivity index is 1.73. The molecule has 0 aromatic heterocycles. The molecule has 0 saturated heterocycles. The molecule has 0 aliphatic carbocycles. The Bertz CT molecular complexity index is 1150. The van der Waals surface area contributed by atoms with Gasteiger partial charge in [0, 0.05) is 6.54 Å². The van der Waals surface area contributed by atoms with Crippen LogP contribution in [-0.2, 0) is 6.42 Å². The summed E-state index contributed by atoms with van der Waals surface area (Å²) >= 11 is 0. The van der Waals surface area contributed by atoms with Crippen molar-refractivity contribution in [3.05, 3.63) is 83.2 Å². The number of benzene rings is 3. The number of hydrogen-bond acceptors (Lipinski definition) is 5. The van der Waals surface area contributed by atoms with Crippen molar-refractivity contribution in [3.8, 4) is 23.0 Å². The van der Waals surface area contributed by atoms with Crippen LogP contribution in [0.2, 0.25) is 0 Å². The van der Waals surface area contributed by atoms with Crippen LogP contribution in [0.5, 0.6) is 23.0 Å². The summed E-state index contributed by atoms with van der Waals surface area (Å²) in [5.74, 6) is 1.39. The first-order valence-electron chi connectivity index (χ1n) is 10.6. The lowest BCUT2D eigenvalue weighted by molar-refractivity contribution is 0.0582. The maximum atomic E-state index is 14.5. The first kappa shape index (κ1) is 22.5. The van der Waals surface area contributed by atoms with Gasteiger partial charge in [-0.05, 0) is 53.9 Å². The molecule has 3 aromatic carbocycles. The molecule has 1 atom stereocenters. The number of rotatable bonds is 7. The summed E-state index contributed by atoms with van der Waals surface area (Å²) < 4.78 is 36.9. The Labute approximate surface area is 192 Å². The van der Waals surface area contributed by atoms with E-state index in [1.807, 2.05) is 24.3 Å². The van der Waals surface area contributed by atoms with Gasteiger partial charge in [-0.3, -0.25) is 4.79 Å². The molecular weight excluding hydrogens is 425 g/mol. The van der Waals surface area contributed by atoms with Gasteiger partial charge in [-0.25, -0.2) is 4.39 Å². The van der Waals surface area contributed by atoms with Gasteiger partial charge >= 0.3 is 0 Å². The molecule has 33 heavy (non-hydrogen) atoms. The second-order valence-electron chi connectivity index (χ2n) is 7.61. The van der Waals surface area contributed by atoms with E-state index in [-0.39, 0.29) is 18.1 Å². The summed E-state index contributed by atoms with van der Waals surface area (Å²) in [6.07, 6.45) is 0.598. The van der Waals surface area contributed by atoms with Gasteiger partial charge in [-0.1, -0.05) is 24.3 Å². The molecule has 7 heteroatoms. The molecule has 0 N–H and O–H groups in total. The Morgan fingerprint density at radius 1 is 0.909 bits per heavy atom. The molecule has 1 heterocycles. The van der Waals surface area contributed by atoms with E-state index in [1.54, 1.807) is 50.5 Å². The van der Waals surface area contributed by atoms with Crippen molar-refractivity contribution < 1.29 is 28.1 Å². The number of fused-ring (bicyclic) bond motifs is 1. The van der Waals surface area contributed by atoms with Crippen molar-refractivity contribution in [2.45, 2.75) is 12.5 Å². The third-order valence-electron chi connectivity index (χ3n) is 5.83. The van der Waals surface area contributed by atoms with Gasteiger partial charge < -0.3 is 23.8 Å². The summed E-state index contributed by atoms with van der Waals surface area (Å²) in [6.45, 7) is 0.568. The van der Waals surface area contributed by atoms with Gasteiger partial charge in [0.2, 0.25) is 0 Å². The van der Waals surface area contributed by atoms with Crippen molar-refractivity contribution in [3.63, 3.8) is 0 Å². The third-order valence-corrected chi connectivity index (χ3v) is 5.83. The van der Waals surface area contributed by atoms with Crippen LogP contribution in [0.15, 0.2) is 60.7 Å². The van der Waals surface area contributed by atoms with Gasteiger partial charge in [-0.15, -0.1) is 0 Å². The molecule has 4 rings (SSSR count). The lowest BCUT2D eigenvalue weighted by Crippen LogP contribution is -2.43. The number of methoxy groups -OCH3 is 3. The molecule has 6 nitrogen and oxygen atoms in total. The fourth-order valence-corrected chi connectivity index (χ4v) is 4.15. The van der Waals surface area contributed by atoms with Crippen LogP contribution in [0.1, 0.15) is 27.5 Å². The molecule has 172 valence electrons. The predicted octanol–water partition coefficient (Wildman–Crippen LogP) is 4.67. The molecule has 0 spiro atoms. The number of hydrogen-bond donors (Lipinski definition) is 0. The van der Waals surface area contributed by atoms with Crippen LogP contribution in [-0.4, -0.2) is 45.3 Å². The Kier molecular flexibility index (Phi) is 6.68. The van der Waals surface area contributed by atoms with Crippen LogP contribution >= 0.6 is 0 Å². The standard InChI is InChI=1S/C26H26FNO5/c1-30-22-10-6-7-11-23(22)33-16-21-19-15-25(32-3)24(31-2)14-17(19)12-13-28(21)26(29)18-8-4-5-9-20(18)27/h4-11,14-15,21H,12-13,16H2,1-3H3/t21-/m0/s1. The maximum Gasteiger partial charge on any atom is 0.257 e. The van der Waals surface area contributed by atoms with Gasteiger partial charge in [0.15, 0.2) is 23.0 Å². The topological polar surface area (TPSA) is 57.2 Å². The highest BCUT2D eigenvalue weighted by Gasteiger charge is 2.34. The van der Waals surface area contributed by atoms with Crippen LogP contribution < -0.4 is 18.9 Å². The normalized spacial score (nSPS) is 14.9. The number of para-hydroxylation sites is 2. The molecule has 0 saturated carbocycles. The van der Waals surface area contributed by atoms with E-state index >= 15 is 0 Å². The van der Waals surface area contributed by atoms with E-state index in [4.69, 9.17) is 18.9 Å². The van der Waals surface area contributed by atoms with E-state index in [1.165, 1.54) is 12.1 Å². The summed E-state index contributed by atoms with van der Waals surface area (Å²) in [6, 6.07) is 16.7. The minimum Gasteiger partial charge on any atom is -0.493 e. The fraction of sp³-hybridized carbons (Fsp3) is 0.269. The Hall–Kier alpha value is -3.74. The zero-order valence-corrected chi connectivity index (χ0v) is 18.8. The molecule has 0 fully saturated rings. The zero-order valence-electron chi connectivity index (χ0n) is 18.8. The predicted molar refractivity (Wildman–Crippen MR) is 122 cm³/mol. The lowest BCUT2D eigenvalue weighted by Gasteiger charge is -2.37. The number of carbonyl (C=O) groups is 1. The first-order chi connectivity index (χ1) is 16.1. The van der Waals surface area contributed by atoms with Crippen molar-refractivity contribution in [2.75, 3.05) is 34.5 Å². The second-order valence-corrected chi connectivity index (χ2v) is 7.61. The highest BCUT2D eigenvalue weighted by atomic mass is 19.1. The number of nitrogens with zero attached hydrogens (tertiary/aromatic N) is 1. The SMILES string of the molecule is COc1cc2c(cc1OC)[C@H](COc1ccccc1OC)N(C(=O)c1ccccc1F)CC2. The zero-order chi connectivity index (χ0) is 23.4. The second kappa shape index (κ2) is 9.81. The van der Waals surface area contributed by atoms with E-state index < -0.39 is 11.9 Å². The average molecular weight is 451 g/mol. The van der Waals surface area contributed by atoms with E-state index in [0.29, 0.717) is 36.0 Å². The highest BCUT2D eigenvalue weighted by Crippen LogP contribution is 2.39. The number of halogens is 1. The van der Waals surface area contributed by atoms with E-state index in [2.05, 4.69) is 0 Å². The molecule has 1 aliphatic rings. The molecule has 0 bridgehead atoms. The fourth-order valence-electron chi connectivity index (χ4n) is 4.15. The molecule has 1 amide bonds. The summed E-state index contributed by atoms with van der Waals surface area (Å²) in [7, 11) is 4.72. The maximum absolute atomic E-state index is 14.5. The highest BCUT2D eigenvalue weighted by molar-refractivity contribution is 5.95. The Morgan fingerprint density at radius 3 is 2.24 bits per heavy atom. The van der Waals surface area contributed by atoms with Crippen molar-refractivity contribution in [1.82, 2.24) is 4.90 Å². The summed E-state index contributed by atoms with van der Waals surface area (Å²) in [5, 5.41) is 0. The molecular formula is C26H26FNO5. The average Bonchev–Trinajstić information content (AvgIpc) is 2.86. The minimum atomic E-state index is -0.551. The molecule has 0 radical (unpaired) electrons. The smallest absolute Gasteiger partial charge is 0.257 e. The minimum absolute atomic E-state index is 0.0312. The van der Waals surface area contributed by atoms with Crippen LogP contribution in [0.25, 0.3) is 0 Å². The first-order valence-corrected chi connectivity index (χ1v) is 10.6. The summed E-state index contributed by atoms with van der Waals surface area (Å²) in [4.78, 5) is 15.1. The third kappa shape index (κ3) is 4.44. The van der Waals surface area contributed by atoms with E-state index in [9.17, 15) is 9.18 Å². The largest absolute Gasteiger partial charge is 0.493 e. The summed E-state index contributed by atoms with van der Waals surface area (Å²) in [5.41, 5.74) is 1.93. The van der Waals surface area contributed by atoms with E-state index in [0.717, 1.165) is 11.1 Å². The number of ether oxygens (including phenoxy) is 4. The lowest BCUT2D eigenvalue weighted by atomic mass is 9.91. The van der Waals surface area contributed by atoms with Crippen molar-refractivity contribution in [2.24, 2.45) is 0 Å².